The Kier molecular flexibility index (Phi) is 3.63. The van der Waals surface area contributed by atoms with Gasteiger partial charge in [-0.05, 0) is 62.9 Å². The van der Waals surface area contributed by atoms with Crippen molar-refractivity contribution < 1.29 is 4.39 Å². The van der Waals surface area contributed by atoms with Crippen LogP contribution in [0.15, 0.2) is 17.7 Å². The minimum atomic E-state index is -0.230. The molecule has 0 aliphatic rings. The van der Waals surface area contributed by atoms with Gasteiger partial charge in [0.05, 0.1) is 5.71 Å². The van der Waals surface area contributed by atoms with Gasteiger partial charge in [-0.15, -0.1) is 0 Å². The average molecular weight is 219 g/mol. The van der Waals surface area contributed by atoms with E-state index in [2.05, 4.69) is 0 Å². The van der Waals surface area contributed by atoms with E-state index in [1.807, 2.05) is 33.8 Å². The standard InChI is InChI=1S/C14H18FN/c1-6-8(2)14(16)12-7-13(15)11(5)9(3)10(12)4/h6-7,16H,1-5H3/b8-6-,16-14?. The van der Waals surface area contributed by atoms with Crippen molar-refractivity contribution in [2.75, 3.05) is 0 Å². The van der Waals surface area contributed by atoms with Gasteiger partial charge in [-0.1, -0.05) is 6.08 Å². The summed E-state index contributed by atoms with van der Waals surface area (Å²) in [4.78, 5) is 0. The molecule has 0 aliphatic carbocycles. The molecule has 0 amide bonds. The molecule has 0 bridgehead atoms. The van der Waals surface area contributed by atoms with Crippen LogP contribution in [0.2, 0.25) is 0 Å². The Morgan fingerprint density at radius 1 is 1.19 bits per heavy atom. The first-order chi connectivity index (χ1) is 7.40. The quantitative estimate of drug-likeness (QED) is 0.724. The molecule has 1 aromatic rings. The summed E-state index contributed by atoms with van der Waals surface area (Å²) in [6, 6.07) is 1.47. The zero-order valence-electron chi connectivity index (χ0n) is 10.5. The van der Waals surface area contributed by atoms with Crippen molar-refractivity contribution in [2.45, 2.75) is 34.6 Å². The minimum Gasteiger partial charge on any atom is -0.300 e. The highest BCUT2D eigenvalue weighted by Gasteiger charge is 2.13. The van der Waals surface area contributed by atoms with Gasteiger partial charge in [0.15, 0.2) is 0 Å². The van der Waals surface area contributed by atoms with Gasteiger partial charge in [0.1, 0.15) is 5.82 Å². The fraction of sp³-hybridized carbons (Fsp3) is 0.357. The summed E-state index contributed by atoms with van der Waals surface area (Å²) in [6.45, 7) is 9.36. The fourth-order valence-electron chi connectivity index (χ4n) is 1.62. The number of rotatable bonds is 2. The lowest BCUT2D eigenvalue weighted by atomic mass is 9.93. The third-order valence-electron chi connectivity index (χ3n) is 3.25. The van der Waals surface area contributed by atoms with E-state index >= 15 is 0 Å². The molecule has 0 atom stereocenters. The molecule has 0 fully saturated rings. The molecule has 1 aromatic carbocycles. The number of nitrogens with one attached hydrogen (secondary N) is 1. The summed E-state index contributed by atoms with van der Waals surface area (Å²) in [5, 5.41) is 8.01. The monoisotopic (exact) mass is 219 g/mol. The van der Waals surface area contributed by atoms with Crippen LogP contribution in [0, 0.1) is 32.0 Å². The van der Waals surface area contributed by atoms with Crippen LogP contribution in [0.3, 0.4) is 0 Å². The van der Waals surface area contributed by atoms with Crippen molar-refractivity contribution in [3.05, 3.63) is 45.8 Å². The van der Waals surface area contributed by atoms with Gasteiger partial charge in [-0.2, -0.15) is 0 Å². The van der Waals surface area contributed by atoms with Gasteiger partial charge < -0.3 is 0 Å². The van der Waals surface area contributed by atoms with E-state index in [4.69, 9.17) is 5.41 Å². The van der Waals surface area contributed by atoms with Crippen molar-refractivity contribution in [1.82, 2.24) is 0 Å². The van der Waals surface area contributed by atoms with Crippen LogP contribution in [0.4, 0.5) is 4.39 Å². The van der Waals surface area contributed by atoms with E-state index in [0.29, 0.717) is 16.8 Å². The lowest BCUT2D eigenvalue weighted by Gasteiger charge is -2.13. The Morgan fingerprint density at radius 3 is 2.25 bits per heavy atom. The summed E-state index contributed by atoms with van der Waals surface area (Å²) < 4.78 is 13.6. The molecule has 0 radical (unpaired) electrons. The topological polar surface area (TPSA) is 23.9 Å². The second-order valence-corrected chi connectivity index (χ2v) is 4.13. The molecule has 1 nitrogen and oxygen atoms in total. The van der Waals surface area contributed by atoms with E-state index in [1.54, 1.807) is 6.92 Å². The molecule has 0 aliphatic heterocycles. The second-order valence-electron chi connectivity index (χ2n) is 4.13. The summed E-state index contributed by atoms with van der Waals surface area (Å²) >= 11 is 0. The molecule has 2 heteroatoms. The van der Waals surface area contributed by atoms with Crippen molar-refractivity contribution >= 4 is 5.71 Å². The smallest absolute Gasteiger partial charge is 0.127 e. The first kappa shape index (κ1) is 12.6. The van der Waals surface area contributed by atoms with Crippen LogP contribution in [-0.2, 0) is 0 Å². The number of benzene rings is 1. The van der Waals surface area contributed by atoms with Gasteiger partial charge in [0.25, 0.3) is 0 Å². The highest BCUT2D eigenvalue weighted by Crippen LogP contribution is 2.22. The molecular weight excluding hydrogens is 201 g/mol. The molecule has 16 heavy (non-hydrogen) atoms. The summed E-state index contributed by atoms with van der Waals surface area (Å²) in [7, 11) is 0. The number of allylic oxidation sites excluding steroid dienone is 2. The van der Waals surface area contributed by atoms with Crippen LogP contribution >= 0.6 is 0 Å². The highest BCUT2D eigenvalue weighted by molar-refractivity contribution is 6.11. The van der Waals surface area contributed by atoms with E-state index in [0.717, 1.165) is 16.7 Å². The molecule has 0 heterocycles. The lowest BCUT2D eigenvalue weighted by molar-refractivity contribution is 0.616. The van der Waals surface area contributed by atoms with Crippen molar-refractivity contribution in [2.24, 2.45) is 0 Å². The van der Waals surface area contributed by atoms with E-state index in [-0.39, 0.29) is 5.82 Å². The molecule has 0 spiro atoms. The number of hydrogen-bond acceptors (Lipinski definition) is 1. The lowest BCUT2D eigenvalue weighted by Crippen LogP contribution is -2.07. The van der Waals surface area contributed by atoms with Gasteiger partial charge >= 0.3 is 0 Å². The van der Waals surface area contributed by atoms with Crippen LogP contribution in [-0.4, -0.2) is 5.71 Å². The van der Waals surface area contributed by atoms with Gasteiger partial charge in [0.2, 0.25) is 0 Å². The Bertz CT molecular complexity index is 470. The molecule has 1 N–H and O–H groups in total. The van der Waals surface area contributed by atoms with E-state index in [1.165, 1.54) is 6.07 Å². The predicted molar refractivity (Wildman–Crippen MR) is 66.9 cm³/mol. The largest absolute Gasteiger partial charge is 0.300 e. The molecule has 0 unspecified atom stereocenters. The summed E-state index contributed by atoms with van der Waals surface area (Å²) in [5.74, 6) is -0.230. The molecule has 0 aromatic heterocycles. The number of hydrogen-bond donors (Lipinski definition) is 1. The third kappa shape index (κ3) is 2.06. The first-order valence-corrected chi connectivity index (χ1v) is 5.38. The highest BCUT2D eigenvalue weighted by atomic mass is 19.1. The Hall–Kier alpha value is -1.44. The molecule has 86 valence electrons. The fourth-order valence-corrected chi connectivity index (χ4v) is 1.62. The Labute approximate surface area is 96.5 Å². The van der Waals surface area contributed by atoms with E-state index < -0.39 is 0 Å². The molecular formula is C14H18FN. The van der Waals surface area contributed by atoms with Crippen LogP contribution in [0.5, 0.6) is 0 Å². The molecule has 0 saturated heterocycles. The predicted octanol–water partition coefficient (Wildman–Crippen LogP) is 4.09. The number of halogens is 1. The SMILES string of the molecule is C/C=C(/C)C(=N)c1cc(F)c(C)c(C)c1C. The maximum atomic E-state index is 13.6. The van der Waals surface area contributed by atoms with Crippen molar-refractivity contribution in [3.8, 4) is 0 Å². The molecule has 1 rings (SSSR count). The van der Waals surface area contributed by atoms with Crippen LogP contribution < -0.4 is 0 Å². The second kappa shape index (κ2) is 4.60. The first-order valence-electron chi connectivity index (χ1n) is 5.38. The molecule has 0 saturated carbocycles. The Balaban J connectivity index is 3.42. The van der Waals surface area contributed by atoms with Crippen molar-refractivity contribution in [3.63, 3.8) is 0 Å². The normalized spacial score (nSPS) is 11.8. The zero-order chi connectivity index (χ0) is 12.5. The minimum absolute atomic E-state index is 0.230. The Morgan fingerprint density at radius 2 is 1.75 bits per heavy atom. The zero-order valence-corrected chi connectivity index (χ0v) is 10.5. The van der Waals surface area contributed by atoms with Crippen LogP contribution in [0.25, 0.3) is 0 Å². The maximum Gasteiger partial charge on any atom is 0.127 e. The maximum absolute atomic E-state index is 13.6. The van der Waals surface area contributed by atoms with Crippen molar-refractivity contribution in [1.29, 1.82) is 5.41 Å². The van der Waals surface area contributed by atoms with Gasteiger partial charge in [0, 0.05) is 5.56 Å². The van der Waals surface area contributed by atoms with E-state index in [9.17, 15) is 4.39 Å². The third-order valence-corrected chi connectivity index (χ3v) is 3.25. The summed E-state index contributed by atoms with van der Waals surface area (Å²) in [5.41, 5.74) is 4.56. The average Bonchev–Trinajstić information content (AvgIpc) is 2.29. The van der Waals surface area contributed by atoms with Gasteiger partial charge in [-0.3, -0.25) is 5.41 Å². The van der Waals surface area contributed by atoms with Crippen LogP contribution in [0.1, 0.15) is 36.1 Å². The van der Waals surface area contributed by atoms with Gasteiger partial charge in [-0.25, -0.2) is 4.39 Å². The summed E-state index contributed by atoms with van der Waals surface area (Å²) in [6.07, 6.45) is 1.87.